The first-order chi connectivity index (χ1) is 9.61. The first-order valence-corrected chi connectivity index (χ1v) is 7.76. The number of carbonyl (C=O) groups excluding carboxylic acids is 1. The molecule has 0 unspecified atom stereocenters. The fourth-order valence-electron chi connectivity index (χ4n) is 1.94. The lowest BCUT2D eigenvalue weighted by Gasteiger charge is -2.18. The Labute approximate surface area is 123 Å². The third kappa shape index (κ3) is 3.42. The van der Waals surface area contributed by atoms with Gasteiger partial charge in [0.05, 0.1) is 12.4 Å². The molecule has 1 aromatic heterocycles. The van der Waals surface area contributed by atoms with E-state index in [0.717, 1.165) is 5.56 Å². The summed E-state index contributed by atoms with van der Waals surface area (Å²) in [4.78, 5) is 17.4. The lowest BCUT2D eigenvalue weighted by atomic mass is 10.1. The SMILES string of the molecule is CSc1ccc([C@@H](C)NC(=O)[C@@H](C)n2ccnc2)cc1. The van der Waals surface area contributed by atoms with Gasteiger partial charge >= 0.3 is 0 Å². The molecule has 0 aliphatic rings. The van der Waals surface area contributed by atoms with Gasteiger partial charge in [0.25, 0.3) is 0 Å². The molecular formula is C15H19N3OS. The average molecular weight is 289 g/mol. The highest BCUT2D eigenvalue weighted by Crippen LogP contribution is 2.19. The Morgan fingerprint density at radius 1 is 1.30 bits per heavy atom. The number of thioether (sulfide) groups is 1. The lowest BCUT2D eigenvalue weighted by molar-refractivity contribution is -0.124. The number of nitrogens with zero attached hydrogens (tertiary/aromatic N) is 2. The van der Waals surface area contributed by atoms with E-state index in [9.17, 15) is 4.79 Å². The maximum atomic E-state index is 12.2. The Morgan fingerprint density at radius 3 is 2.55 bits per heavy atom. The second kappa shape index (κ2) is 6.61. The normalized spacial score (nSPS) is 13.8. The van der Waals surface area contributed by atoms with Crippen molar-refractivity contribution in [3.05, 3.63) is 48.5 Å². The largest absolute Gasteiger partial charge is 0.348 e. The Bertz CT molecular complexity index is 551. The molecule has 1 amide bonds. The van der Waals surface area contributed by atoms with Crippen molar-refractivity contribution in [1.82, 2.24) is 14.9 Å². The number of hydrogen-bond acceptors (Lipinski definition) is 3. The van der Waals surface area contributed by atoms with Crippen molar-refractivity contribution in [2.75, 3.05) is 6.26 Å². The van der Waals surface area contributed by atoms with Gasteiger partial charge in [0, 0.05) is 17.3 Å². The van der Waals surface area contributed by atoms with Crippen LogP contribution in [0.2, 0.25) is 0 Å². The van der Waals surface area contributed by atoms with Crippen molar-refractivity contribution in [3.8, 4) is 0 Å². The van der Waals surface area contributed by atoms with Gasteiger partial charge in [-0.1, -0.05) is 12.1 Å². The van der Waals surface area contributed by atoms with Crippen LogP contribution in [0.1, 0.15) is 31.5 Å². The third-order valence-electron chi connectivity index (χ3n) is 3.33. The first kappa shape index (κ1) is 14.7. The maximum absolute atomic E-state index is 12.2. The van der Waals surface area contributed by atoms with Gasteiger partial charge in [-0.2, -0.15) is 0 Å². The van der Waals surface area contributed by atoms with Gasteiger partial charge in [0.15, 0.2) is 0 Å². The molecule has 0 spiro atoms. The minimum Gasteiger partial charge on any atom is -0.348 e. The molecule has 0 bridgehead atoms. The predicted molar refractivity (Wildman–Crippen MR) is 81.7 cm³/mol. The van der Waals surface area contributed by atoms with Crippen molar-refractivity contribution in [2.24, 2.45) is 0 Å². The van der Waals surface area contributed by atoms with Gasteiger partial charge in [-0.05, 0) is 37.8 Å². The van der Waals surface area contributed by atoms with Crippen LogP contribution in [0.4, 0.5) is 0 Å². The average Bonchev–Trinajstić information content (AvgIpc) is 3.00. The summed E-state index contributed by atoms with van der Waals surface area (Å²) in [5.74, 6) is -0.00977. The van der Waals surface area contributed by atoms with Crippen molar-refractivity contribution in [1.29, 1.82) is 0 Å². The Kier molecular flexibility index (Phi) is 4.84. The van der Waals surface area contributed by atoms with E-state index in [-0.39, 0.29) is 18.0 Å². The zero-order valence-electron chi connectivity index (χ0n) is 11.9. The number of nitrogens with one attached hydrogen (secondary N) is 1. The molecule has 0 fully saturated rings. The standard InChI is InChI=1S/C15H19N3OS/c1-11(13-4-6-14(20-3)7-5-13)17-15(19)12(2)18-9-8-16-10-18/h4-12H,1-3H3,(H,17,19)/t11-,12-/m1/s1. The summed E-state index contributed by atoms with van der Waals surface area (Å²) in [6.45, 7) is 3.85. The van der Waals surface area contributed by atoms with Crippen LogP contribution in [0.5, 0.6) is 0 Å². The molecule has 0 saturated carbocycles. The lowest BCUT2D eigenvalue weighted by Crippen LogP contribution is -2.32. The van der Waals surface area contributed by atoms with Crippen LogP contribution in [0.25, 0.3) is 0 Å². The van der Waals surface area contributed by atoms with E-state index >= 15 is 0 Å². The van der Waals surface area contributed by atoms with E-state index in [2.05, 4.69) is 34.6 Å². The van der Waals surface area contributed by atoms with Gasteiger partial charge in [0.2, 0.25) is 5.91 Å². The number of amides is 1. The molecule has 5 heteroatoms. The highest BCUT2D eigenvalue weighted by atomic mass is 32.2. The molecule has 0 aliphatic carbocycles. The second-order valence-corrected chi connectivity index (χ2v) is 5.57. The van der Waals surface area contributed by atoms with Crippen LogP contribution in [-0.2, 0) is 4.79 Å². The van der Waals surface area contributed by atoms with E-state index in [1.54, 1.807) is 35.0 Å². The molecule has 106 valence electrons. The van der Waals surface area contributed by atoms with Gasteiger partial charge < -0.3 is 9.88 Å². The fraction of sp³-hybridized carbons (Fsp3) is 0.333. The summed E-state index contributed by atoms with van der Waals surface area (Å²) in [7, 11) is 0. The molecule has 0 aliphatic heterocycles. The molecule has 20 heavy (non-hydrogen) atoms. The summed E-state index contributed by atoms with van der Waals surface area (Å²) in [6.07, 6.45) is 7.17. The van der Waals surface area contributed by atoms with Gasteiger partial charge in [-0.25, -0.2) is 4.98 Å². The Morgan fingerprint density at radius 2 is 2.00 bits per heavy atom. The highest BCUT2D eigenvalue weighted by Gasteiger charge is 2.17. The quantitative estimate of drug-likeness (QED) is 0.861. The zero-order chi connectivity index (χ0) is 14.5. The van der Waals surface area contributed by atoms with Gasteiger partial charge in [-0.3, -0.25) is 4.79 Å². The molecule has 0 radical (unpaired) electrons. The van der Waals surface area contributed by atoms with Crippen LogP contribution in [0.3, 0.4) is 0 Å². The number of hydrogen-bond donors (Lipinski definition) is 1. The van der Waals surface area contributed by atoms with Gasteiger partial charge in [0.1, 0.15) is 6.04 Å². The molecule has 2 atom stereocenters. The monoisotopic (exact) mass is 289 g/mol. The second-order valence-electron chi connectivity index (χ2n) is 4.69. The molecule has 1 aromatic carbocycles. The Hall–Kier alpha value is -1.75. The minimum atomic E-state index is -0.259. The van der Waals surface area contributed by atoms with E-state index in [1.165, 1.54) is 4.90 Å². The summed E-state index contributed by atoms with van der Waals surface area (Å²) >= 11 is 1.71. The van der Waals surface area contributed by atoms with Crippen molar-refractivity contribution < 1.29 is 4.79 Å². The molecule has 2 rings (SSSR count). The summed E-state index contributed by atoms with van der Waals surface area (Å²) in [5, 5.41) is 3.03. The van der Waals surface area contributed by atoms with Crippen LogP contribution >= 0.6 is 11.8 Å². The van der Waals surface area contributed by atoms with E-state index in [1.807, 2.05) is 20.1 Å². The van der Waals surface area contributed by atoms with E-state index in [4.69, 9.17) is 0 Å². The summed E-state index contributed by atoms with van der Waals surface area (Å²) < 4.78 is 1.79. The summed E-state index contributed by atoms with van der Waals surface area (Å²) in [5.41, 5.74) is 1.11. The van der Waals surface area contributed by atoms with Crippen molar-refractivity contribution >= 4 is 17.7 Å². The number of imidazole rings is 1. The maximum Gasteiger partial charge on any atom is 0.243 e. The molecular weight excluding hydrogens is 270 g/mol. The molecule has 0 saturated heterocycles. The molecule has 4 nitrogen and oxygen atoms in total. The number of carbonyl (C=O) groups is 1. The predicted octanol–water partition coefficient (Wildman–Crippen LogP) is 3.04. The van der Waals surface area contributed by atoms with Gasteiger partial charge in [-0.15, -0.1) is 11.8 Å². The third-order valence-corrected chi connectivity index (χ3v) is 4.07. The molecule has 1 N–H and O–H groups in total. The molecule has 2 aromatic rings. The smallest absolute Gasteiger partial charge is 0.243 e. The molecule has 1 heterocycles. The van der Waals surface area contributed by atoms with Crippen LogP contribution in [-0.4, -0.2) is 21.7 Å². The number of rotatable bonds is 5. The Balaban J connectivity index is 1.99. The minimum absolute atomic E-state index is 0.00977. The van der Waals surface area contributed by atoms with E-state index < -0.39 is 0 Å². The van der Waals surface area contributed by atoms with E-state index in [0.29, 0.717) is 0 Å². The first-order valence-electron chi connectivity index (χ1n) is 6.53. The van der Waals surface area contributed by atoms with Crippen molar-refractivity contribution in [3.63, 3.8) is 0 Å². The highest BCUT2D eigenvalue weighted by molar-refractivity contribution is 7.98. The fourth-order valence-corrected chi connectivity index (χ4v) is 2.35. The van der Waals surface area contributed by atoms with Crippen LogP contribution in [0.15, 0.2) is 47.9 Å². The van der Waals surface area contributed by atoms with Crippen LogP contribution < -0.4 is 5.32 Å². The number of aromatic nitrogens is 2. The summed E-state index contributed by atoms with van der Waals surface area (Å²) in [6, 6.07) is 7.98. The van der Waals surface area contributed by atoms with Crippen LogP contribution in [0, 0.1) is 0 Å². The zero-order valence-corrected chi connectivity index (χ0v) is 12.7. The van der Waals surface area contributed by atoms with Crippen molar-refractivity contribution in [2.45, 2.75) is 30.8 Å². The topological polar surface area (TPSA) is 46.9 Å². The number of benzene rings is 1.